The van der Waals surface area contributed by atoms with Crippen LogP contribution >= 0.6 is 0 Å². The van der Waals surface area contributed by atoms with E-state index in [4.69, 9.17) is 0 Å². The topological polar surface area (TPSA) is 15.3 Å². The summed E-state index contributed by atoms with van der Waals surface area (Å²) in [4.78, 5) is 2.68. The van der Waals surface area contributed by atoms with Gasteiger partial charge in [-0.25, -0.2) is 0 Å². The third-order valence-corrected chi connectivity index (χ3v) is 4.42. The van der Waals surface area contributed by atoms with Crippen molar-refractivity contribution >= 4 is 0 Å². The van der Waals surface area contributed by atoms with Crippen molar-refractivity contribution in [3.05, 3.63) is 35.9 Å². The first kappa shape index (κ1) is 11.2. The molecule has 2 nitrogen and oxygen atoms in total. The van der Waals surface area contributed by atoms with Crippen molar-refractivity contribution in [1.82, 2.24) is 10.2 Å². The number of benzene rings is 1. The highest BCUT2D eigenvalue weighted by Gasteiger charge is 2.37. The Morgan fingerprint density at radius 1 is 1.18 bits per heavy atom. The molecular formula is C15H22N2. The zero-order chi connectivity index (χ0) is 11.7. The van der Waals surface area contributed by atoms with Crippen LogP contribution in [0.4, 0.5) is 0 Å². The number of hydrogen-bond acceptors (Lipinski definition) is 2. The molecule has 0 aromatic heterocycles. The second kappa shape index (κ2) is 4.79. The third kappa shape index (κ3) is 2.38. The van der Waals surface area contributed by atoms with Crippen LogP contribution in [0.1, 0.15) is 12.5 Å². The van der Waals surface area contributed by atoms with Gasteiger partial charge in [-0.3, -0.25) is 4.90 Å². The van der Waals surface area contributed by atoms with Gasteiger partial charge in [-0.05, 0) is 43.8 Å². The fourth-order valence-corrected chi connectivity index (χ4v) is 3.34. The fourth-order valence-electron chi connectivity index (χ4n) is 3.34. The normalized spacial score (nSPS) is 30.4. The molecule has 2 saturated heterocycles. The number of hydrogen-bond donors (Lipinski definition) is 1. The van der Waals surface area contributed by atoms with E-state index in [0.717, 1.165) is 11.8 Å². The maximum absolute atomic E-state index is 3.51. The van der Waals surface area contributed by atoms with E-state index < -0.39 is 0 Å². The van der Waals surface area contributed by atoms with Crippen molar-refractivity contribution in [3.63, 3.8) is 0 Å². The number of rotatable bonds is 3. The number of likely N-dealkylation sites (tertiary alicyclic amines) is 1. The summed E-state index contributed by atoms with van der Waals surface area (Å²) < 4.78 is 0. The molecule has 0 aliphatic carbocycles. The predicted molar refractivity (Wildman–Crippen MR) is 71.0 cm³/mol. The molecule has 3 atom stereocenters. The van der Waals surface area contributed by atoms with Crippen molar-refractivity contribution in [2.75, 3.05) is 26.2 Å². The van der Waals surface area contributed by atoms with Gasteiger partial charge in [0.15, 0.2) is 0 Å². The van der Waals surface area contributed by atoms with Crippen LogP contribution in [0.3, 0.4) is 0 Å². The summed E-state index contributed by atoms with van der Waals surface area (Å²) in [5, 5.41) is 3.51. The van der Waals surface area contributed by atoms with Crippen LogP contribution < -0.4 is 5.32 Å². The van der Waals surface area contributed by atoms with E-state index in [1.54, 1.807) is 0 Å². The van der Waals surface area contributed by atoms with E-state index in [9.17, 15) is 0 Å². The number of fused-ring (bicyclic) bond motifs is 1. The van der Waals surface area contributed by atoms with Crippen molar-refractivity contribution in [1.29, 1.82) is 0 Å². The molecule has 0 spiro atoms. The molecule has 1 aromatic carbocycles. The van der Waals surface area contributed by atoms with Crippen LogP contribution in [0.15, 0.2) is 30.3 Å². The van der Waals surface area contributed by atoms with Crippen LogP contribution in [0, 0.1) is 11.8 Å². The van der Waals surface area contributed by atoms with Gasteiger partial charge in [0.1, 0.15) is 0 Å². The smallest absolute Gasteiger partial charge is 0.0108 e. The van der Waals surface area contributed by atoms with Crippen molar-refractivity contribution in [3.8, 4) is 0 Å². The third-order valence-electron chi connectivity index (χ3n) is 4.42. The molecule has 1 N–H and O–H groups in total. The Balaban J connectivity index is 1.58. The highest BCUT2D eigenvalue weighted by atomic mass is 15.2. The summed E-state index contributed by atoms with van der Waals surface area (Å²) in [7, 11) is 0. The molecule has 2 heterocycles. The maximum atomic E-state index is 3.51. The molecule has 2 aliphatic rings. The lowest BCUT2D eigenvalue weighted by molar-refractivity contribution is 0.239. The maximum Gasteiger partial charge on any atom is 0.0108 e. The Morgan fingerprint density at radius 3 is 2.47 bits per heavy atom. The Bertz CT molecular complexity index is 350. The van der Waals surface area contributed by atoms with Gasteiger partial charge in [-0.15, -0.1) is 0 Å². The first-order valence-corrected chi connectivity index (χ1v) is 6.81. The summed E-state index contributed by atoms with van der Waals surface area (Å²) in [6.07, 6.45) is 1.19. The van der Waals surface area contributed by atoms with Gasteiger partial charge in [0.25, 0.3) is 0 Å². The summed E-state index contributed by atoms with van der Waals surface area (Å²) in [5.74, 6) is 1.82. The molecule has 0 saturated carbocycles. The van der Waals surface area contributed by atoms with E-state index in [-0.39, 0.29) is 0 Å². The highest BCUT2D eigenvalue weighted by Crippen LogP contribution is 2.28. The second-order valence-corrected chi connectivity index (χ2v) is 5.67. The zero-order valence-electron chi connectivity index (χ0n) is 10.6. The SMILES string of the molecule is CC(Cc1ccccc1)N1C[C@H]2CNC[C@H]2C1. The standard InChI is InChI=1S/C15H22N2/c1-12(7-13-5-3-2-4-6-13)17-10-14-8-16-9-15(14)11-17/h2-6,12,14-16H,7-11H2,1H3/t12?,14-,15+. The van der Waals surface area contributed by atoms with E-state index >= 15 is 0 Å². The lowest BCUT2D eigenvalue weighted by Crippen LogP contribution is -2.35. The molecule has 17 heavy (non-hydrogen) atoms. The van der Waals surface area contributed by atoms with Crippen LogP contribution in [-0.2, 0) is 6.42 Å². The summed E-state index contributed by atoms with van der Waals surface area (Å²) in [6.45, 7) is 7.44. The molecule has 2 fully saturated rings. The quantitative estimate of drug-likeness (QED) is 0.851. The predicted octanol–water partition coefficient (Wildman–Crippen LogP) is 1.77. The minimum absolute atomic E-state index is 0.683. The first-order chi connectivity index (χ1) is 8.33. The second-order valence-electron chi connectivity index (χ2n) is 5.67. The molecule has 92 valence electrons. The number of nitrogens with zero attached hydrogens (tertiary/aromatic N) is 1. The van der Waals surface area contributed by atoms with E-state index in [0.29, 0.717) is 6.04 Å². The lowest BCUT2D eigenvalue weighted by Gasteiger charge is -2.25. The molecule has 3 rings (SSSR count). The molecule has 0 amide bonds. The van der Waals surface area contributed by atoms with Crippen molar-refractivity contribution in [2.45, 2.75) is 19.4 Å². The molecule has 2 heteroatoms. The van der Waals surface area contributed by atoms with Gasteiger partial charge >= 0.3 is 0 Å². The summed E-state index contributed by atoms with van der Waals surface area (Å²) in [5.41, 5.74) is 1.47. The Hall–Kier alpha value is -0.860. The lowest BCUT2D eigenvalue weighted by atomic mass is 10.0. The average Bonchev–Trinajstić information content (AvgIpc) is 2.90. The molecule has 0 radical (unpaired) electrons. The highest BCUT2D eigenvalue weighted by molar-refractivity contribution is 5.16. The van der Waals surface area contributed by atoms with E-state index in [1.807, 2.05) is 0 Å². The van der Waals surface area contributed by atoms with Gasteiger partial charge in [0.05, 0.1) is 0 Å². The number of nitrogens with one attached hydrogen (secondary N) is 1. The van der Waals surface area contributed by atoms with E-state index in [1.165, 1.54) is 38.2 Å². The molecular weight excluding hydrogens is 208 g/mol. The van der Waals surface area contributed by atoms with Crippen molar-refractivity contribution in [2.24, 2.45) is 11.8 Å². The average molecular weight is 230 g/mol. The summed E-state index contributed by atoms with van der Waals surface area (Å²) >= 11 is 0. The van der Waals surface area contributed by atoms with Crippen LogP contribution in [-0.4, -0.2) is 37.1 Å². The molecule has 0 bridgehead atoms. The monoisotopic (exact) mass is 230 g/mol. The van der Waals surface area contributed by atoms with Gasteiger partial charge < -0.3 is 5.32 Å². The first-order valence-electron chi connectivity index (χ1n) is 6.81. The van der Waals surface area contributed by atoms with Crippen molar-refractivity contribution < 1.29 is 0 Å². The van der Waals surface area contributed by atoms with Crippen LogP contribution in [0.25, 0.3) is 0 Å². The molecule has 2 aliphatic heterocycles. The van der Waals surface area contributed by atoms with Gasteiger partial charge in [-0.2, -0.15) is 0 Å². The Morgan fingerprint density at radius 2 is 1.82 bits per heavy atom. The Kier molecular flexibility index (Phi) is 3.17. The van der Waals surface area contributed by atoms with Crippen LogP contribution in [0.2, 0.25) is 0 Å². The molecule has 1 aromatic rings. The molecule has 1 unspecified atom stereocenters. The minimum Gasteiger partial charge on any atom is -0.316 e. The minimum atomic E-state index is 0.683. The largest absolute Gasteiger partial charge is 0.316 e. The Labute approximate surface area is 104 Å². The van der Waals surface area contributed by atoms with Gasteiger partial charge in [0.2, 0.25) is 0 Å². The zero-order valence-corrected chi connectivity index (χ0v) is 10.6. The van der Waals surface area contributed by atoms with Crippen LogP contribution in [0.5, 0.6) is 0 Å². The fraction of sp³-hybridized carbons (Fsp3) is 0.600. The van der Waals surface area contributed by atoms with Gasteiger partial charge in [0, 0.05) is 19.1 Å². The van der Waals surface area contributed by atoms with E-state index in [2.05, 4.69) is 47.5 Å². The van der Waals surface area contributed by atoms with Gasteiger partial charge in [-0.1, -0.05) is 30.3 Å². The summed E-state index contributed by atoms with van der Waals surface area (Å²) in [6, 6.07) is 11.6.